The van der Waals surface area contributed by atoms with Crippen LogP contribution in [-0.2, 0) is 9.53 Å². The van der Waals surface area contributed by atoms with E-state index < -0.39 is 5.60 Å². The number of anilines is 1. The van der Waals surface area contributed by atoms with E-state index in [0.717, 1.165) is 19.3 Å². The minimum Gasteiger partial charge on any atom is -0.481 e. The molecule has 1 rings (SSSR count). The summed E-state index contributed by atoms with van der Waals surface area (Å²) in [6.45, 7) is 3.95. The fourth-order valence-electron chi connectivity index (χ4n) is 1.86. The van der Waals surface area contributed by atoms with E-state index in [1.807, 2.05) is 6.92 Å². The third-order valence-electron chi connectivity index (χ3n) is 3.39. The second-order valence-corrected chi connectivity index (χ2v) is 4.94. The number of ether oxygens (including phenoxy) is 2. The van der Waals surface area contributed by atoms with Crippen LogP contribution in [-0.4, -0.2) is 30.7 Å². The summed E-state index contributed by atoms with van der Waals surface area (Å²) >= 11 is 0. The van der Waals surface area contributed by atoms with Gasteiger partial charge in [-0.1, -0.05) is 26.2 Å². The third kappa shape index (κ3) is 4.49. The van der Waals surface area contributed by atoms with Crippen molar-refractivity contribution in [1.82, 2.24) is 4.98 Å². The van der Waals surface area contributed by atoms with Gasteiger partial charge < -0.3 is 14.8 Å². The summed E-state index contributed by atoms with van der Waals surface area (Å²) in [5, 5.41) is 2.83. The van der Waals surface area contributed by atoms with Crippen molar-refractivity contribution in [2.75, 3.05) is 19.5 Å². The molecule has 20 heavy (non-hydrogen) atoms. The van der Waals surface area contributed by atoms with Crippen molar-refractivity contribution < 1.29 is 14.3 Å². The van der Waals surface area contributed by atoms with Crippen molar-refractivity contribution in [1.29, 1.82) is 0 Å². The quantitative estimate of drug-likeness (QED) is 0.744. The minimum atomic E-state index is -0.810. The Kier molecular flexibility index (Phi) is 6.45. The van der Waals surface area contributed by atoms with Crippen LogP contribution in [0.3, 0.4) is 0 Å². The van der Waals surface area contributed by atoms with Gasteiger partial charge in [-0.25, -0.2) is 4.98 Å². The number of unbranched alkanes of at least 4 members (excludes halogenated alkanes) is 2. The van der Waals surface area contributed by atoms with E-state index in [9.17, 15) is 4.79 Å². The van der Waals surface area contributed by atoms with Crippen LogP contribution in [0.1, 0.15) is 39.5 Å². The first-order valence-corrected chi connectivity index (χ1v) is 6.92. The molecule has 0 saturated carbocycles. The summed E-state index contributed by atoms with van der Waals surface area (Å²) in [6.07, 6.45) is 5.45. The summed E-state index contributed by atoms with van der Waals surface area (Å²) in [5.41, 5.74) is -0.177. The molecular formula is C15H24N2O3. The Morgan fingerprint density at radius 1 is 1.35 bits per heavy atom. The van der Waals surface area contributed by atoms with Crippen LogP contribution in [0.15, 0.2) is 18.3 Å². The second kappa shape index (κ2) is 7.85. The Bertz CT molecular complexity index is 420. The normalized spacial score (nSPS) is 13.6. The molecular weight excluding hydrogens is 256 g/mol. The third-order valence-corrected chi connectivity index (χ3v) is 3.39. The van der Waals surface area contributed by atoms with Crippen molar-refractivity contribution in [2.24, 2.45) is 0 Å². The zero-order chi connectivity index (χ0) is 15.0. The van der Waals surface area contributed by atoms with Gasteiger partial charge in [-0.05, 0) is 19.4 Å². The molecule has 1 N–H and O–H groups in total. The molecule has 1 amide bonds. The number of methoxy groups -OCH3 is 2. The SMILES string of the molecule is CCCCCC(C)(OC)C(=O)Nc1ccc(OC)nc1. The first kappa shape index (κ1) is 16.4. The number of carbonyl (C=O) groups is 1. The molecule has 1 aromatic heterocycles. The summed E-state index contributed by atoms with van der Waals surface area (Å²) in [7, 11) is 3.12. The maximum atomic E-state index is 12.3. The molecule has 1 unspecified atom stereocenters. The number of carbonyl (C=O) groups excluding carboxylic acids is 1. The van der Waals surface area contributed by atoms with Crippen LogP contribution >= 0.6 is 0 Å². The molecule has 0 fully saturated rings. The van der Waals surface area contributed by atoms with Gasteiger partial charge in [0.05, 0.1) is 19.0 Å². The van der Waals surface area contributed by atoms with Gasteiger partial charge in [0.25, 0.3) is 5.91 Å². The van der Waals surface area contributed by atoms with Crippen LogP contribution in [0.25, 0.3) is 0 Å². The number of pyridine rings is 1. The van der Waals surface area contributed by atoms with Gasteiger partial charge in [0.15, 0.2) is 0 Å². The summed E-state index contributed by atoms with van der Waals surface area (Å²) in [6, 6.07) is 3.46. The molecule has 0 radical (unpaired) electrons. The van der Waals surface area contributed by atoms with E-state index in [1.54, 1.807) is 32.5 Å². The highest BCUT2D eigenvalue weighted by Gasteiger charge is 2.32. The topological polar surface area (TPSA) is 60.5 Å². The van der Waals surface area contributed by atoms with Crippen LogP contribution in [0.5, 0.6) is 5.88 Å². The van der Waals surface area contributed by atoms with E-state index in [4.69, 9.17) is 9.47 Å². The molecule has 0 aliphatic carbocycles. The molecule has 1 aromatic rings. The Labute approximate surface area is 120 Å². The standard InChI is InChI=1S/C15H24N2O3/c1-5-6-7-10-15(2,20-4)14(18)17-12-8-9-13(19-3)16-11-12/h8-9,11H,5-7,10H2,1-4H3,(H,17,18). The minimum absolute atomic E-state index is 0.150. The first-order chi connectivity index (χ1) is 9.55. The predicted molar refractivity (Wildman–Crippen MR) is 79.0 cm³/mol. The molecule has 0 aliphatic rings. The number of hydrogen-bond donors (Lipinski definition) is 1. The molecule has 0 aliphatic heterocycles. The molecule has 0 aromatic carbocycles. The second-order valence-electron chi connectivity index (χ2n) is 4.94. The van der Waals surface area contributed by atoms with E-state index in [0.29, 0.717) is 18.0 Å². The molecule has 0 spiro atoms. The number of nitrogens with one attached hydrogen (secondary N) is 1. The van der Waals surface area contributed by atoms with Crippen LogP contribution in [0.4, 0.5) is 5.69 Å². The molecule has 112 valence electrons. The van der Waals surface area contributed by atoms with Gasteiger partial charge in [0.1, 0.15) is 5.60 Å². The molecule has 0 bridgehead atoms. The highest BCUT2D eigenvalue weighted by molar-refractivity contribution is 5.96. The number of hydrogen-bond acceptors (Lipinski definition) is 4. The number of nitrogens with zero attached hydrogens (tertiary/aromatic N) is 1. The first-order valence-electron chi connectivity index (χ1n) is 6.92. The summed E-state index contributed by atoms with van der Waals surface area (Å²) in [5.74, 6) is 0.364. The molecule has 1 atom stereocenters. The Morgan fingerprint density at radius 2 is 2.10 bits per heavy atom. The van der Waals surface area contributed by atoms with Crippen molar-refractivity contribution >= 4 is 11.6 Å². The number of rotatable bonds is 8. The monoisotopic (exact) mass is 280 g/mol. The summed E-state index contributed by atoms with van der Waals surface area (Å²) in [4.78, 5) is 16.4. The lowest BCUT2D eigenvalue weighted by atomic mass is 9.97. The Balaban J connectivity index is 2.65. The van der Waals surface area contributed by atoms with E-state index in [1.165, 1.54) is 0 Å². The maximum Gasteiger partial charge on any atom is 0.256 e. The van der Waals surface area contributed by atoms with Crippen molar-refractivity contribution in [3.63, 3.8) is 0 Å². The number of aromatic nitrogens is 1. The van der Waals surface area contributed by atoms with Crippen molar-refractivity contribution in [2.45, 2.75) is 45.1 Å². The molecule has 5 heteroatoms. The smallest absolute Gasteiger partial charge is 0.256 e. The fraction of sp³-hybridized carbons (Fsp3) is 0.600. The lowest BCUT2D eigenvalue weighted by molar-refractivity contribution is -0.136. The van der Waals surface area contributed by atoms with Gasteiger partial charge in [0, 0.05) is 13.2 Å². The molecule has 0 saturated heterocycles. The largest absolute Gasteiger partial charge is 0.481 e. The van der Waals surface area contributed by atoms with Crippen molar-refractivity contribution in [3.05, 3.63) is 18.3 Å². The lowest BCUT2D eigenvalue weighted by Crippen LogP contribution is -2.41. The van der Waals surface area contributed by atoms with Gasteiger partial charge in [-0.2, -0.15) is 0 Å². The highest BCUT2D eigenvalue weighted by Crippen LogP contribution is 2.21. The molecule has 1 heterocycles. The van der Waals surface area contributed by atoms with Crippen LogP contribution in [0.2, 0.25) is 0 Å². The van der Waals surface area contributed by atoms with Gasteiger partial charge >= 0.3 is 0 Å². The van der Waals surface area contributed by atoms with E-state index in [2.05, 4.69) is 17.2 Å². The Morgan fingerprint density at radius 3 is 2.60 bits per heavy atom. The fourth-order valence-corrected chi connectivity index (χ4v) is 1.86. The van der Waals surface area contributed by atoms with Gasteiger partial charge in [-0.15, -0.1) is 0 Å². The van der Waals surface area contributed by atoms with Crippen molar-refractivity contribution in [3.8, 4) is 5.88 Å². The molecule has 5 nitrogen and oxygen atoms in total. The van der Waals surface area contributed by atoms with Gasteiger partial charge in [-0.3, -0.25) is 4.79 Å². The zero-order valence-corrected chi connectivity index (χ0v) is 12.7. The van der Waals surface area contributed by atoms with Gasteiger partial charge in [0.2, 0.25) is 5.88 Å². The number of amides is 1. The Hall–Kier alpha value is -1.62. The zero-order valence-electron chi connectivity index (χ0n) is 12.7. The van der Waals surface area contributed by atoms with Crippen LogP contribution in [0, 0.1) is 0 Å². The average Bonchev–Trinajstić information content (AvgIpc) is 2.48. The summed E-state index contributed by atoms with van der Waals surface area (Å²) < 4.78 is 10.4. The lowest BCUT2D eigenvalue weighted by Gasteiger charge is -2.26. The van der Waals surface area contributed by atoms with E-state index in [-0.39, 0.29) is 5.91 Å². The van der Waals surface area contributed by atoms with Crippen LogP contribution < -0.4 is 10.1 Å². The maximum absolute atomic E-state index is 12.3. The predicted octanol–water partition coefficient (Wildman–Crippen LogP) is 3.01. The average molecular weight is 280 g/mol. The van der Waals surface area contributed by atoms with E-state index >= 15 is 0 Å². The highest BCUT2D eigenvalue weighted by atomic mass is 16.5.